The van der Waals surface area contributed by atoms with E-state index in [4.69, 9.17) is 20.8 Å². The second kappa shape index (κ2) is 10.2. The van der Waals surface area contributed by atoms with Gasteiger partial charge in [-0.15, -0.1) is 0 Å². The second-order valence-electron chi connectivity index (χ2n) is 7.62. The number of rotatable bonds is 6. The zero-order valence-electron chi connectivity index (χ0n) is 18.2. The third-order valence-electron chi connectivity index (χ3n) is 5.38. The lowest BCUT2D eigenvalue weighted by Gasteiger charge is -2.34. The van der Waals surface area contributed by atoms with Crippen molar-refractivity contribution < 1.29 is 13.9 Å². The summed E-state index contributed by atoms with van der Waals surface area (Å²) in [6.45, 7) is 4.05. The summed E-state index contributed by atoms with van der Waals surface area (Å²) in [6, 6.07) is 17.1. The van der Waals surface area contributed by atoms with Gasteiger partial charge in [-0.2, -0.15) is 10.2 Å². The van der Waals surface area contributed by atoms with E-state index in [2.05, 4.69) is 11.1 Å². The molecule has 0 saturated carbocycles. The lowest BCUT2D eigenvalue weighted by Crippen LogP contribution is -2.50. The van der Waals surface area contributed by atoms with Gasteiger partial charge < -0.3 is 19.0 Å². The van der Waals surface area contributed by atoms with Crippen molar-refractivity contribution in [3.8, 4) is 11.8 Å². The van der Waals surface area contributed by atoms with Crippen LogP contribution in [0.15, 0.2) is 52.9 Å². The Balaban J connectivity index is 1.35. The van der Waals surface area contributed by atoms with Gasteiger partial charge in [-0.05, 0) is 42.3 Å². The number of carbonyl (C=O) groups is 1. The minimum absolute atomic E-state index is 0.00372. The number of para-hydroxylation sites is 1. The van der Waals surface area contributed by atoms with Crippen molar-refractivity contribution in [3.05, 3.63) is 76.3 Å². The van der Waals surface area contributed by atoms with Gasteiger partial charge in [0.05, 0.1) is 0 Å². The molecule has 33 heavy (non-hydrogen) atoms. The molecular formula is C25H23ClN4O3. The zero-order chi connectivity index (χ0) is 23.2. The molecule has 2 heterocycles. The molecule has 0 atom stereocenters. The van der Waals surface area contributed by atoms with E-state index in [1.54, 1.807) is 23.1 Å². The zero-order valence-corrected chi connectivity index (χ0v) is 19.0. The van der Waals surface area contributed by atoms with Crippen LogP contribution in [0.2, 0.25) is 5.02 Å². The number of piperazine rings is 1. The van der Waals surface area contributed by atoms with Crippen LogP contribution in [0.25, 0.3) is 12.2 Å². The third-order valence-corrected chi connectivity index (χ3v) is 5.64. The number of benzene rings is 2. The number of oxazole rings is 1. The van der Waals surface area contributed by atoms with E-state index < -0.39 is 0 Å². The maximum absolute atomic E-state index is 12.6. The summed E-state index contributed by atoms with van der Waals surface area (Å²) in [5.74, 6) is 1.42. The van der Waals surface area contributed by atoms with Gasteiger partial charge >= 0.3 is 0 Å². The molecule has 0 aliphatic carbocycles. The van der Waals surface area contributed by atoms with E-state index in [1.165, 1.54) is 0 Å². The van der Waals surface area contributed by atoms with Crippen LogP contribution in [0.1, 0.15) is 22.7 Å². The molecule has 168 valence electrons. The molecule has 1 amide bonds. The molecule has 0 spiro atoms. The Hall–Kier alpha value is -3.76. The van der Waals surface area contributed by atoms with Crippen molar-refractivity contribution in [2.45, 2.75) is 6.92 Å². The first kappa shape index (κ1) is 22.4. The van der Waals surface area contributed by atoms with E-state index >= 15 is 0 Å². The van der Waals surface area contributed by atoms with Crippen LogP contribution in [-0.2, 0) is 4.79 Å². The topological polar surface area (TPSA) is 82.6 Å². The third kappa shape index (κ3) is 5.54. The predicted molar refractivity (Wildman–Crippen MR) is 127 cm³/mol. The van der Waals surface area contributed by atoms with Gasteiger partial charge in [-0.25, -0.2) is 0 Å². The Bertz CT molecular complexity index is 1190. The lowest BCUT2D eigenvalue weighted by molar-refractivity contribution is -0.133. The standard InChI is InChI=1S/C25H23ClN4O3/c1-18-4-2-3-5-22(18)32-17-24(31)29-12-14-30(15-13-29)25-21(16-27)28-23(33-25)11-8-19-6-9-20(26)10-7-19/h2-11H,12-15,17H2,1H3/b11-8+. The van der Waals surface area contributed by atoms with Gasteiger partial charge in [0, 0.05) is 37.3 Å². The Morgan fingerprint density at radius 2 is 1.88 bits per heavy atom. The van der Waals surface area contributed by atoms with E-state index in [1.807, 2.05) is 54.3 Å². The summed E-state index contributed by atoms with van der Waals surface area (Å²) in [4.78, 5) is 20.6. The number of hydrogen-bond acceptors (Lipinski definition) is 6. The summed E-state index contributed by atoms with van der Waals surface area (Å²) >= 11 is 5.91. The monoisotopic (exact) mass is 462 g/mol. The fourth-order valence-corrected chi connectivity index (χ4v) is 3.66. The maximum Gasteiger partial charge on any atom is 0.260 e. The Morgan fingerprint density at radius 1 is 1.15 bits per heavy atom. The molecule has 3 aromatic rings. The van der Waals surface area contributed by atoms with E-state index in [9.17, 15) is 10.1 Å². The highest BCUT2D eigenvalue weighted by molar-refractivity contribution is 6.30. The summed E-state index contributed by atoms with van der Waals surface area (Å²) in [6.07, 6.45) is 3.56. The van der Waals surface area contributed by atoms with Crippen LogP contribution < -0.4 is 9.64 Å². The number of carbonyl (C=O) groups excluding carboxylic acids is 1. The van der Waals surface area contributed by atoms with Gasteiger partial charge in [0.2, 0.25) is 17.5 Å². The van der Waals surface area contributed by atoms with Crippen LogP contribution in [0.4, 0.5) is 5.88 Å². The van der Waals surface area contributed by atoms with Crippen molar-refractivity contribution in [2.24, 2.45) is 0 Å². The molecule has 1 fully saturated rings. The highest BCUT2D eigenvalue weighted by atomic mass is 35.5. The predicted octanol–water partition coefficient (Wildman–Crippen LogP) is 4.41. The van der Waals surface area contributed by atoms with Gasteiger partial charge in [0.25, 0.3) is 5.91 Å². The SMILES string of the molecule is Cc1ccccc1OCC(=O)N1CCN(c2oc(/C=C/c3ccc(Cl)cc3)nc2C#N)CC1. The number of ether oxygens (including phenoxy) is 1. The molecule has 7 nitrogen and oxygen atoms in total. The molecule has 2 aromatic carbocycles. The van der Waals surface area contributed by atoms with Crippen molar-refractivity contribution in [1.29, 1.82) is 5.26 Å². The second-order valence-corrected chi connectivity index (χ2v) is 8.06. The van der Waals surface area contributed by atoms with Gasteiger partial charge in [-0.1, -0.05) is 41.9 Å². The fraction of sp³-hybridized carbons (Fsp3) is 0.240. The van der Waals surface area contributed by atoms with Crippen LogP contribution >= 0.6 is 11.6 Å². The number of anilines is 1. The van der Waals surface area contributed by atoms with Crippen molar-refractivity contribution in [3.63, 3.8) is 0 Å². The average molecular weight is 463 g/mol. The molecule has 1 aliphatic rings. The van der Waals surface area contributed by atoms with Crippen LogP contribution in [0.3, 0.4) is 0 Å². The highest BCUT2D eigenvalue weighted by Gasteiger charge is 2.26. The van der Waals surface area contributed by atoms with E-state index in [0.29, 0.717) is 48.7 Å². The number of halogens is 1. The van der Waals surface area contributed by atoms with Crippen LogP contribution in [-0.4, -0.2) is 48.6 Å². The first-order chi connectivity index (χ1) is 16.0. The summed E-state index contributed by atoms with van der Waals surface area (Å²) < 4.78 is 11.5. The van der Waals surface area contributed by atoms with Crippen LogP contribution in [0, 0.1) is 18.3 Å². The Labute approximate surface area is 197 Å². The first-order valence-corrected chi connectivity index (χ1v) is 11.0. The molecule has 0 N–H and O–H groups in total. The number of aryl methyl sites for hydroxylation is 1. The molecule has 0 unspecified atom stereocenters. The normalized spacial score (nSPS) is 13.8. The quantitative estimate of drug-likeness (QED) is 0.539. The number of aromatic nitrogens is 1. The first-order valence-electron chi connectivity index (χ1n) is 10.6. The van der Waals surface area contributed by atoms with Gasteiger partial charge in [-0.3, -0.25) is 4.79 Å². The Kier molecular flexibility index (Phi) is 6.96. The number of nitriles is 1. The Morgan fingerprint density at radius 3 is 2.58 bits per heavy atom. The minimum Gasteiger partial charge on any atom is -0.484 e. The summed E-state index contributed by atoms with van der Waals surface area (Å²) in [5.41, 5.74) is 2.16. The average Bonchev–Trinajstić information content (AvgIpc) is 3.26. The molecule has 0 bridgehead atoms. The summed E-state index contributed by atoms with van der Waals surface area (Å²) in [7, 11) is 0. The number of nitrogens with zero attached hydrogens (tertiary/aromatic N) is 4. The van der Waals surface area contributed by atoms with Crippen molar-refractivity contribution in [1.82, 2.24) is 9.88 Å². The van der Waals surface area contributed by atoms with Gasteiger partial charge in [0.15, 0.2) is 6.61 Å². The van der Waals surface area contributed by atoms with Crippen LogP contribution in [0.5, 0.6) is 5.75 Å². The highest BCUT2D eigenvalue weighted by Crippen LogP contribution is 2.24. The molecule has 1 aliphatic heterocycles. The summed E-state index contributed by atoms with van der Waals surface area (Å²) in [5, 5.41) is 10.2. The van der Waals surface area contributed by atoms with E-state index in [0.717, 1.165) is 11.1 Å². The maximum atomic E-state index is 12.6. The van der Waals surface area contributed by atoms with Crippen molar-refractivity contribution in [2.75, 3.05) is 37.7 Å². The number of hydrogen-bond donors (Lipinski definition) is 0. The molecule has 1 aromatic heterocycles. The fourth-order valence-electron chi connectivity index (χ4n) is 3.54. The smallest absolute Gasteiger partial charge is 0.260 e. The van der Waals surface area contributed by atoms with Gasteiger partial charge in [0.1, 0.15) is 11.8 Å². The van der Waals surface area contributed by atoms with Crippen molar-refractivity contribution >= 4 is 35.5 Å². The molecule has 1 saturated heterocycles. The molecule has 0 radical (unpaired) electrons. The minimum atomic E-state index is -0.0671. The largest absolute Gasteiger partial charge is 0.484 e. The number of amides is 1. The van der Waals surface area contributed by atoms with E-state index in [-0.39, 0.29) is 18.2 Å². The lowest BCUT2D eigenvalue weighted by atomic mass is 10.2. The molecular weight excluding hydrogens is 440 g/mol. The molecule has 8 heteroatoms. The molecule has 4 rings (SSSR count).